The van der Waals surface area contributed by atoms with Crippen LogP contribution in [0.25, 0.3) is 0 Å². The maximum Gasteiger partial charge on any atom is 0.305 e. The molecule has 0 saturated carbocycles. The fraction of sp³-hybridized carbons (Fsp3) is 0.571. The zero-order valence-corrected chi connectivity index (χ0v) is 15.3. The molecule has 0 saturated heterocycles. The van der Waals surface area contributed by atoms with Crippen LogP contribution in [0.1, 0.15) is 62.5 Å². The normalized spacial score (nSPS) is 10.4. The van der Waals surface area contributed by atoms with Gasteiger partial charge in [-0.2, -0.15) is 0 Å². The van der Waals surface area contributed by atoms with Crippen molar-refractivity contribution in [2.75, 3.05) is 13.2 Å². The molecule has 24 heavy (non-hydrogen) atoms. The minimum atomic E-state index is -0.119. The lowest BCUT2D eigenvalue weighted by atomic mass is 10.1. The molecule has 3 heteroatoms. The highest BCUT2D eigenvalue weighted by atomic mass is 16.6. The maximum atomic E-state index is 11.7. The van der Waals surface area contributed by atoms with E-state index in [9.17, 15) is 4.79 Å². The fourth-order valence-corrected chi connectivity index (χ4v) is 2.52. The molecule has 0 aliphatic carbocycles. The molecule has 0 aliphatic rings. The summed E-state index contributed by atoms with van der Waals surface area (Å²) in [5.41, 5.74) is 2.34. The summed E-state index contributed by atoms with van der Waals surface area (Å²) < 4.78 is 10.9. The van der Waals surface area contributed by atoms with Crippen LogP contribution in [0.4, 0.5) is 0 Å². The van der Waals surface area contributed by atoms with Crippen LogP contribution in [0, 0.1) is 13.8 Å². The predicted octanol–water partition coefficient (Wildman–Crippen LogP) is 5.53. The van der Waals surface area contributed by atoms with E-state index in [1.54, 1.807) is 0 Å². The van der Waals surface area contributed by atoms with Crippen molar-refractivity contribution in [1.29, 1.82) is 0 Å². The fourth-order valence-electron chi connectivity index (χ4n) is 2.52. The molecule has 0 heterocycles. The first-order chi connectivity index (χ1) is 11.6. The lowest BCUT2D eigenvalue weighted by Crippen LogP contribution is -2.12. The second-order valence-electron chi connectivity index (χ2n) is 6.22. The van der Waals surface area contributed by atoms with Crippen molar-refractivity contribution in [1.82, 2.24) is 0 Å². The van der Waals surface area contributed by atoms with E-state index in [0.29, 0.717) is 19.6 Å². The highest BCUT2D eigenvalue weighted by molar-refractivity contribution is 5.69. The highest BCUT2D eigenvalue weighted by Gasteiger charge is 2.04. The van der Waals surface area contributed by atoms with Gasteiger partial charge in [0, 0.05) is 6.42 Å². The van der Waals surface area contributed by atoms with Crippen molar-refractivity contribution in [3.63, 3.8) is 0 Å². The van der Waals surface area contributed by atoms with Crippen LogP contribution < -0.4 is 4.74 Å². The van der Waals surface area contributed by atoms with Gasteiger partial charge in [-0.05, 0) is 50.3 Å². The average molecular weight is 332 g/mol. The van der Waals surface area contributed by atoms with Crippen LogP contribution in [0.15, 0.2) is 30.9 Å². The Labute approximate surface area is 147 Å². The molecule has 0 bridgehead atoms. The number of esters is 1. The molecule has 0 spiro atoms. The van der Waals surface area contributed by atoms with E-state index in [-0.39, 0.29) is 5.97 Å². The molecule has 0 fully saturated rings. The Morgan fingerprint density at radius 1 is 1.04 bits per heavy atom. The van der Waals surface area contributed by atoms with E-state index in [4.69, 9.17) is 9.47 Å². The average Bonchev–Trinajstić information content (AvgIpc) is 2.57. The standard InChI is InChI=1S/C21H32O3/c1-4-5-6-7-8-9-10-11-15-21(22)24-17-16-23-20-14-12-13-18(2)19(20)3/h4,12-14H,1,5-11,15-17H2,2-3H3. The van der Waals surface area contributed by atoms with Crippen LogP contribution >= 0.6 is 0 Å². The molecule has 134 valence electrons. The lowest BCUT2D eigenvalue weighted by Gasteiger charge is -2.11. The first kappa shape index (κ1) is 20.3. The topological polar surface area (TPSA) is 35.5 Å². The third-order valence-corrected chi connectivity index (χ3v) is 4.20. The van der Waals surface area contributed by atoms with Gasteiger partial charge in [-0.3, -0.25) is 4.79 Å². The zero-order chi connectivity index (χ0) is 17.6. The maximum absolute atomic E-state index is 11.7. The van der Waals surface area contributed by atoms with E-state index < -0.39 is 0 Å². The summed E-state index contributed by atoms with van der Waals surface area (Å²) in [7, 11) is 0. The summed E-state index contributed by atoms with van der Waals surface area (Å²) in [5, 5.41) is 0. The number of benzene rings is 1. The Morgan fingerprint density at radius 2 is 1.75 bits per heavy atom. The smallest absolute Gasteiger partial charge is 0.305 e. The summed E-state index contributed by atoms with van der Waals surface area (Å²) in [4.78, 5) is 11.7. The van der Waals surface area contributed by atoms with Gasteiger partial charge in [-0.15, -0.1) is 6.58 Å². The summed E-state index contributed by atoms with van der Waals surface area (Å²) >= 11 is 0. The summed E-state index contributed by atoms with van der Waals surface area (Å²) in [6, 6.07) is 5.97. The number of unbranched alkanes of at least 4 members (excludes halogenated alkanes) is 6. The van der Waals surface area contributed by atoms with Crippen molar-refractivity contribution < 1.29 is 14.3 Å². The molecule has 1 aromatic carbocycles. The molecule has 1 aromatic rings. The van der Waals surface area contributed by atoms with E-state index in [0.717, 1.165) is 30.6 Å². The Bertz CT molecular complexity index is 494. The van der Waals surface area contributed by atoms with Gasteiger partial charge >= 0.3 is 5.97 Å². The van der Waals surface area contributed by atoms with Gasteiger partial charge in [0.1, 0.15) is 19.0 Å². The van der Waals surface area contributed by atoms with E-state index in [1.165, 1.54) is 31.2 Å². The first-order valence-corrected chi connectivity index (χ1v) is 9.10. The molecule has 3 nitrogen and oxygen atoms in total. The summed E-state index contributed by atoms with van der Waals surface area (Å²) in [5.74, 6) is 0.744. The number of carbonyl (C=O) groups is 1. The summed E-state index contributed by atoms with van der Waals surface area (Å²) in [6.07, 6.45) is 10.5. The van der Waals surface area contributed by atoms with Crippen LogP contribution in [0.3, 0.4) is 0 Å². The van der Waals surface area contributed by atoms with Gasteiger partial charge < -0.3 is 9.47 Å². The SMILES string of the molecule is C=CCCCCCCCCC(=O)OCCOc1cccc(C)c1C. The van der Waals surface area contributed by atoms with Gasteiger partial charge in [0.15, 0.2) is 0 Å². The molecule has 1 rings (SSSR count). The van der Waals surface area contributed by atoms with E-state index in [2.05, 4.69) is 19.6 Å². The molecule has 0 aliphatic heterocycles. The quantitative estimate of drug-likeness (QED) is 0.270. The minimum absolute atomic E-state index is 0.119. The monoisotopic (exact) mass is 332 g/mol. The van der Waals surface area contributed by atoms with Crippen molar-refractivity contribution in [3.8, 4) is 5.75 Å². The van der Waals surface area contributed by atoms with Gasteiger partial charge in [-0.25, -0.2) is 0 Å². The number of rotatable bonds is 13. The van der Waals surface area contributed by atoms with Crippen LogP contribution in [-0.4, -0.2) is 19.2 Å². The highest BCUT2D eigenvalue weighted by Crippen LogP contribution is 2.20. The van der Waals surface area contributed by atoms with E-state index >= 15 is 0 Å². The number of ether oxygens (including phenoxy) is 2. The largest absolute Gasteiger partial charge is 0.490 e. The lowest BCUT2D eigenvalue weighted by molar-refractivity contribution is -0.144. The van der Waals surface area contributed by atoms with Gasteiger partial charge in [0.2, 0.25) is 0 Å². The second kappa shape index (κ2) is 12.6. The van der Waals surface area contributed by atoms with Crippen molar-refractivity contribution in [3.05, 3.63) is 42.0 Å². The summed E-state index contributed by atoms with van der Waals surface area (Å²) in [6.45, 7) is 8.53. The van der Waals surface area contributed by atoms with Crippen molar-refractivity contribution in [2.24, 2.45) is 0 Å². The number of aryl methyl sites for hydroxylation is 1. The number of allylic oxidation sites excluding steroid dienone is 1. The molecule has 0 atom stereocenters. The van der Waals surface area contributed by atoms with Gasteiger partial charge in [0.05, 0.1) is 0 Å². The molecule has 0 aromatic heterocycles. The Hall–Kier alpha value is -1.77. The molecule has 0 radical (unpaired) electrons. The Balaban J connectivity index is 2.00. The van der Waals surface area contributed by atoms with E-state index in [1.807, 2.05) is 25.1 Å². The van der Waals surface area contributed by atoms with Gasteiger partial charge in [-0.1, -0.05) is 43.9 Å². The van der Waals surface area contributed by atoms with Crippen molar-refractivity contribution in [2.45, 2.75) is 65.2 Å². The van der Waals surface area contributed by atoms with Gasteiger partial charge in [0.25, 0.3) is 0 Å². The number of hydrogen-bond donors (Lipinski definition) is 0. The molecule has 0 amide bonds. The third kappa shape index (κ3) is 8.76. The Kier molecular flexibility index (Phi) is 10.7. The predicted molar refractivity (Wildman–Crippen MR) is 99.5 cm³/mol. The van der Waals surface area contributed by atoms with Crippen LogP contribution in [-0.2, 0) is 9.53 Å². The molecule has 0 N–H and O–H groups in total. The number of carbonyl (C=O) groups excluding carboxylic acids is 1. The Morgan fingerprint density at radius 3 is 2.50 bits per heavy atom. The molecular weight excluding hydrogens is 300 g/mol. The third-order valence-electron chi connectivity index (χ3n) is 4.20. The zero-order valence-electron chi connectivity index (χ0n) is 15.3. The second-order valence-corrected chi connectivity index (χ2v) is 6.22. The van der Waals surface area contributed by atoms with Crippen LogP contribution in [0.5, 0.6) is 5.75 Å². The number of hydrogen-bond acceptors (Lipinski definition) is 3. The molecular formula is C21H32O3. The van der Waals surface area contributed by atoms with Crippen molar-refractivity contribution >= 4 is 5.97 Å². The minimum Gasteiger partial charge on any atom is -0.490 e. The first-order valence-electron chi connectivity index (χ1n) is 9.10. The molecule has 0 unspecified atom stereocenters. The van der Waals surface area contributed by atoms with Crippen LogP contribution in [0.2, 0.25) is 0 Å².